The van der Waals surface area contributed by atoms with Crippen molar-refractivity contribution in [1.29, 1.82) is 0 Å². The van der Waals surface area contributed by atoms with Crippen LogP contribution in [0.1, 0.15) is 60.5 Å². The van der Waals surface area contributed by atoms with Crippen molar-refractivity contribution in [1.82, 2.24) is 20.2 Å². The zero-order valence-corrected chi connectivity index (χ0v) is 13.3. The quantitative estimate of drug-likeness (QED) is 0.865. The zero-order valence-electron chi connectivity index (χ0n) is 13.3. The van der Waals surface area contributed by atoms with Crippen LogP contribution in [0.15, 0.2) is 9.05 Å². The monoisotopic (exact) mass is 304 g/mol. The van der Waals surface area contributed by atoms with Gasteiger partial charge < -0.3 is 13.9 Å². The SMILES string of the molecule is Cc1nc([C@H]2CCCN2C(=O)[C@H](C)c2c(C)noc2C)no1. The Hall–Kier alpha value is -2.18. The van der Waals surface area contributed by atoms with Gasteiger partial charge in [0.05, 0.1) is 17.7 Å². The second-order valence-electron chi connectivity index (χ2n) is 5.82. The summed E-state index contributed by atoms with van der Waals surface area (Å²) in [6.07, 6.45) is 1.80. The van der Waals surface area contributed by atoms with Gasteiger partial charge in [0.25, 0.3) is 0 Å². The fourth-order valence-corrected chi connectivity index (χ4v) is 3.23. The number of carbonyl (C=O) groups is 1. The second kappa shape index (κ2) is 5.55. The van der Waals surface area contributed by atoms with E-state index in [4.69, 9.17) is 9.05 Å². The molecule has 2 aromatic heterocycles. The molecular formula is C15H20N4O3. The van der Waals surface area contributed by atoms with Crippen LogP contribution in [-0.2, 0) is 4.79 Å². The van der Waals surface area contributed by atoms with Crippen LogP contribution in [0.3, 0.4) is 0 Å². The maximum absolute atomic E-state index is 12.9. The van der Waals surface area contributed by atoms with Crippen molar-refractivity contribution < 1.29 is 13.8 Å². The van der Waals surface area contributed by atoms with Crippen LogP contribution in [-0.4, -0.2) is 32.6 Å². The van der Waals surface area contributed by atoms with Crippen LogP contribution < -0.4 is 0 Å². The zero-order chi connectivity index (χ0) is 15.9. The highest BCUT2D eigenvalue weighted by Gasteiger charge is 2.36. The van der Waals surface area contributed by atoms with E-state index < -0.39 is 0 Å². The predicted octanol–water partition coefficient (Wildman–Crippen LogP) is 2.45. The van der Waals surface area contributed by atoms with E-state index in [1.165, 1.54) is 0 Å². The van der Waals surface area contributed by atoms with E-state index in [9.17, 15) is 4.79 Å². The molecule has 1 aliphatic heterocycles. The molecule has 0 N–H and O–H groups in total. The number of rotatable bonds is 3. The van der Waals surface area contributed by atoms with E-state index in [0.717, 1.165) is 24.1 Å². The van der Waals surface area contributed by atoms with Gasteiger partial charge in [-0.3, -0.25) is 4.79 Å². The van der Waals surface area contributed by atoms with E-state index in [1.807, 2.05) is 25.7 Å². The molecule has 2 atom stereocenters. The van der Waals surface area contributed by atoms with Crippen LogP contribution in [0.2, 0.25) is 0 Å². The average Bonchev–Trinajstić information content (AvgIpc) is 3.18. The van der Waals surface area contributed by atoms with Crippen LogP contribution in [0, 0.1) is 20.8 Å². The van der Waals surface area contributed by atoms with Gasteiger partial charge in [-0.05, 0) is 33.6 Å². The third kappa shape index (κ3) is 2.40. The molecule has 1 aliphatic rings. The van der Waals surface area contributed by atoms with Gasteiger partial charge in [-0.1, -0.05) is 10.3 Å². The van der Waals surface area contributed by atoms with Gasteiger partial charge in [-0.2, -0.15) is 4.98 Å². The van der Waals surface area contributed by atoms with Crippen molar-refractivity contribution >= 4 is 5.91 Å². The summed E-state index contributed by atoms with van der Waals surface area (Å²) in [5.41, 5.74) is 1.64. The molecule has 0 aliphatic carbocycles. The van der Waals surface area contributed by atoms with Gasteiger partial charge in [0.15, 0.2) is 5.82 Å². The first kappa shape index (κ1) is 14.7. The Bertz CT molecular complexity index is 671. The first-order valence-electron chi connectivity index (χ1n) is 7.52. The molecule has 1 amide bonds. The van der Waals surface area contributed by atoms with E-state index in [0.29, 0.717) is 24.0 Å². The molecule has 1 fully saturated rings. The summed E-state index contributed by atoms with van der Waals surface area (Å²) in [4.78, 5) is 19.0. The van der Waals surface area contributed by atoms with Crippen LogP contribution in [0.5, 0.6) is 0 Å². The maximum Gasteiger partial charge on any atom is 0.230 e. The minimum atomic E-state index is -0.292. The van der Waals surface area contributed by atoms with Gasteiger partial charge in [0.1, 0.15) is 5.76 Å². The van der Waals surface area contributed by atoms with Crippen molar-refractivity contribution in [3.05, 3.63) is 28.7 Å². The minimum Gasteiger partial charge on any atom is -0.361 e. The van der Waals surface area contributed by atoms with E-state index in [2.05, 4.69) is 15.3 Å². The number of amides is 1. The molecule has 3 heterocycles. The Balaban J connectivity index is 1.84. The molecule has 118 valence electrons. The molecular weight excluding hydrogens is 284 g/mol. The Morgan fingerprint density at radius 3 is 2.64 bits per heavy atom. The van der Waals surface area contributed by atoms with E-state index in [1.54, 1.807) is 6.92 Å². The van der Waals surface area contributed by atoms with Gasteiger partial charge in [0, 0.05) is 19.0 Å². The lowest BCUT2D eigenvalue weighted by Gasteiger charge is -2.25. The summed E-state index contributed by atoms with van der Waals surface area (Å²) < 4.78 is 10.2. The molecule has 1 saturated heterocycles. The van der Waals surface area contributed by atoms with E-state index >= 15 is 0 Å². The lowest BCUT2D eigenvalue weighted by atomic mass is 9.97. The van der Waals surface area contributed by atoms with Crippen LogP contribution in [0.25, 0.3) is 0 Å². The highest BCUT2D eigenvalue weighted by molar-refractivity contribution is 5.84. The molecule has 0 radical (unpaired) electrons. The fraction of sp³-hybridized carbons (Fsp3) is 0.600. The highest BCUT2D eigenvalue weighted by Crippen LogP contribution is 2.34. The van der Waals surface area contributed by atoms with Gasteiger partial charge >= 0.3 is 0 Å². The molecule has 0 bridgehead atoms. The number of aromatic nitrogens is 3. The fourth-order valence-electron chi connectivity index (χ4n) is 3.23. The van der Waals surface area contributed by atoms with Crippen molar-refractivity contribution in [2.45, 2.75) is 52.5 Å². The second-order valence-corrected chi connectivity index (χ2v) is 5.82. The van der Waals surface area contributed by atoms with Crippen LogP contribution >= 0.6 is 0 Å². The van der Waals surface area contributed by atoms with Crippen molar-refractivity contribution in [3.63, 3.8) is 0 Å². The largest absolute Gasteiger partial charge is 0.361 e. The third-order valence-corrected chi connectivity index (χ3v) is 4.27. The number of hydrogen-bond acceptors (Lipinski definition) is 6. The third-order valence-electron chi connectivity index (χ3n) is 4.27. The van der Waals surface area contributed by atoms with Crippen molar-refractivity contribution in [3.8, 4) is 0 Å². The average molecular weight is 304 g/mol. The summed E-state index contributed by atoms with van der Waals surface area (Å²) in [6, 6.07) is -0.104. The van der Waals surface area contributed by atoms with Gasteiger partial charge in [-0.15, -0.1) is 0 Å². The Labute approximate surface area is 128 Å². The molecule has 7 nitrogen and oxygen atoms in total. The Morgan fingerprint density at radius 1 is 1.27 bits per heavy atom. The summed E-state index contributed by atoms with van der Waals surface area (Å²) in [5, 5.41) is 7.92. The first-order chi connectivity index (χ1) is 10.5. The number of likely N-dealkylation sites (tertiary alicyclic amines) is 1. The number of carbonyl (C=O) groups excluding carboxylic acids is 1. The summed E-state index contributed by atoms with van der Waals surface area (Å²) >= 11 is 0. The molecule has 0 aromatic carbocycles. The van der Waals surface area contributed by atoms with E-state index in [-0.39, 0.29) is 17.9 Å². The summed E-state index contributed by atoms with van der Waals surface area (Å²) in [6.45, 7) is 8.06. The minimum absolute atomic E-state index is 0.0550. The lowest BCUT2D eigenvalue weighted by Crippen LogP contribution is -2.34. The smallest absolute Gasteiger partial charge is 0.230 e. The number of hydrogen-bond donors (Lipinski definition) is 0. The standard InChI is InChI=1S/C15H20N4O3/c1-8(13-9(2)17-21-10(13)3)15(20)19-7-5-6-12(19)14-16-11(4)22-18-14/h8,12H,5-7H2,1-4H3/t8-,12-/m1/s1. The Morgan fingerprint density at radius 2 is 2.05 bits per heavy atom. The van der Waals surface area contributed by atoms with Gasteiger partial charge in [0.2, 0.25) is 11.8 Å². The molecule has 22 heavy (non-hydrogen) atoms. The highest BCUT2D eigenvalue weighted by atomic mass is 16.5. The lowest BCUT2D eigenvalue weighted by molar-refractivity contribution is -0.133. The summed E-state index contributed by atoms with van der Waals surface area (Å²) in [5.74, 6) is 1.58. The number of aryl methyl sites for hydroxylation is 3. The first-order valence-corrected chi connectivity index (χ1v) is 7.52. The summed E-state index contributed by atoms with van der Waals surface area (Å²) in [7, 11) is 0. The van der Waals surface area contributed by atoms with Crippen molar-refractivity contribution in [2.75, 3.05) is 6.54 Å². The van der Waals surface area contributed by atoms with Gasteiger partial charge in [-0.25, -0.2) is 0 Å². The maximum atomic E-state index is 12.9. The molecule has 0 unspecified atom stereocenters. The normalized spacial score (nSPS) is 19.6. The molecule has 3 rings (SSSR count). The predicted molar refractivity (Wildman–Crippen MR) is 77.1 cm³/mol. The molecule has 0 saturated carbocycles. The molecule has 7 heteroatoms. The van der Waals surface area contributed by atoms with Crippen LogP contribution in [0.4, 0.5) is 0 Å². The Kier molecular flexibility index (Phi) is 3.72. The number of nitrogens with zero attached hydrogens (tertiary/aromatic N) is 4. The topological polar surface area (TPSA) is 85.3 Å². The van der Waals surface area contributed by atoms with Crippen molar-refractivity contribution in [2.24, 2.45) is 0 Å². The molecule has 2 aromatic rings. The molecule has 0 spiro atoms.